The topological polar surface area (TPSA) is 75.7 Å². The summed E-state index contributed by atoms with van der Waals surface area (Å²) in [6.07, 6.45) is 3.22. The average Bonchev–Trinajstić information content (AvgIpc) is 3.20. The van der Waals surface area contributed by atoms with Gasteiger partial charge in [-0.05, 0) is 49.6 Å². The maximum Gasteiger partial charge on any atom is 0.264 e. The summed E-state index contributed by atoms with van der Waals surface area (Å²) in [5, 5.41) is 2.78. The van der Waals surface area contributed by atoms with Crippen molar-refractivity contribution in [2.45, 2.75) is 36.7 Å². The van der Waals surface area contributed by atoms with Crippen molar-refractivity contribution in [2.75, 3.05) is 23.3 Å². The number of ether oxygens (including phenoxy) is 1. The van der Waals surface area contributed by atoms with Crippen LogP contribution in [0.2, 0.25) is 0 Å². The lowest BCUT2D eigenvalue weighted by molar-refractivity contribution is -0.116. The zero-order valence-electron chi connectivity index (χ0n) is 15.3. The van der Waals surface area contributed by atoms with Crippen molar-refractivity contribution >= 4 is 27.3 Å². The van der Waals surface area contributed by atoms with Gasteiger partial charge < -0.3 is 10.1 Å². The number of anilines is 2. The van der Waals surface area contributed by atoms with Gasteiger partial charge in [0.05, 0.1) is 16.7 Å². The minimum absolute atomic E-state index is 0.130. The van der Waals surface area contributed by atoms with Crippen LogP contribution in [0.15, 0.2) is 59.5 Å². The smallest absolute Gasteiger partial charge is 0.264 e. The van der Waals surface area contributed by atoms with Crippen LogP contribution in [0.4, 0.5) is 11.4 Å². The van der Waals surface area contributed by atoms with Crippen LogP contribution < -0.4 is 9.62 Å². The molecule has 7 heteroatoms. The predicted molar refractivity (Wildman–Crippen MR) is 105 cm³/mol. The third-order valence-electron chi connectivity index (χ3n) is 4.61. The average molecular weight is 388 g/mol. The Kier molecular flexibility index (Phi) is 6.13. The number of carbonyl (C=O) groups excluding carboxylic acids is 1. The van der Waals surface area contributed by atoms with E-state index in [4.69, 9.17) is 4.74 Å². The maximum absolute atomic E-state index is 12.9. The van der Waals surface area contributed by atoms with E-state index in [0.717, 1.165) is 19.4 Å². The van der Waals surface area contributed by atoms with E-state index < -0.39 is 10.0 Å². The Morgan fingerprint density at radius 3 is 2.67 bits per heavy atom. The Morgan fingerprint density at radius 2 is 1.96 bits per heavy atom. The number of carbonyl (C=O) groups is 1. The summed E-state index contributed by atoms with van der Waals surface area (Å²) in [6.45, 7) is 0.765. The fourth-order valence-corrected chi connectivity index (χ4v) is 4.30. The van der Waals surface area contributed by atoms with Gasteiger partial charge >= 0.3 is 0 Å². The maximum atomic E-state index is 12.9. The number of nitrogens with zero attached hydrogens (tertiary/aromatic N) is 1. The van der Waals surface area contributed by atoms with Crippen molar-refractivity contribution < 1.29 is 17.9 Å². The molecule has 0 radical (unpaired) electrons. The van der Waals surface area contributed by atoms with Gasteiger partial charge in [0.2, 0.25) is 5.91 Å². The summed E-state index contributed by atoms with van der Waals surface area (Å²) in [5.74, 6) is -0.142. The molecule has 6 nitrogen and oxygen atoms in total. The molecule has 0 aromatic heterocycles. The van der Waals surface area contributed by atoms with Crippen LogP contribution >= 0.6 is 0 Å². The summed E-state index contributed by atoms with van der Waals surface area (Å²) < 4.78 is 32.5. The van der Waals surface area contributed by atoms with E-state index in [0.29, 0.717) is 24.2 Å². The Hall–Kier alpha value is -2.38. The van der Waals surface area contributed by atoms with Gasteiger partial charge in [-0.15, -0.1) is 0 Å². The molecule has 1 amide bonds. The molecule has 1 fully saturated rings. The van der Waals surface area contributed by atoms with Crippen LogP contribution in [0.25, 0.3) is 0 Å². The molecule has 1 aliphatic heterocycles. The molecule has 144 valence electrons. The number of sulfonamides is 1. The number of rotatable bonds is 7. The summed E-state index contributed by atoms with van der Waals surface area (Å²) in [7, 11) is -2.20. The molecule has 1 unspecified atom stereocenters. The van der Waals surface area contributed by atoms with Crippen LogP contribution in [0.5, 0.6) is 0 Å². The van der Waals surface area contributed by atoms with Gasteiger partial charge in [0.1, 0.15) is 0 Å². The van der Waals surface area contributed by atoms with Crippen LogP contribution in [-0.2, 0) is 19.6 Å². The second-order valence-electron chi connectivity index (χ2n) is 6.56. The molecule has 27 heavy (non-hydrogen) atoms. The van der Waals surface area contributed by atoms with Crippen molar-refractivity contribution in [3.8, 4) is 0 Å². The molecule has 1 aliphatic rings. The van der Waals surface area contributed by atoms with Gasteiger partial charge in [-0.3, -0.25) is 9.10 Å². The van der Waals surface area contributed by atoms with E-state index in [2.05, 4.69) is 5.32 Å². The summed E-state index contributed by atoms with van der Waals surface area (Å²) in [4.78, 5) is 12.3. The van der Waals surface area contributed by atoms with Crippen molar-refractivity contribution in [2.24, 2.45) is 0 Å². The largest absolute Gasteiger partial charge is 0.378 e. The number of nitrogens with one attached hydrogen (secondary N) is 1. The lowest BCUT2D eigenvalue weighted by atomic mass is 10.1. The number of para-hydroxylation sites is 1. The Morgan fingerprint density at radius 1 is 1.19 bits per heavy atom. The van der Waals surface area contributed by atoms with Gasteiger partial charge in [-0.2, -0.15) is 0 Å². The van der Waals surface area contributed by atoms with Crippen molar-refractivity contribution in [3.63, 3.8) is 0 Å². The van der Waals surface area contributed by atoms with E-state index in [1.165, 1.54) is 23.5 Å². The number of benzene rings is 2. The summed E-state index contributed by atoms with van der Waals surface area (Å²) in [6, 6.07) is 15.2. The van der Waals surface area contributed by atoms with E-state index in [1.54, 1.807) is 36.4 Å². The van der Waals surface area contributed by atoms with Crippen LogP contribution in [0, 0.1) is 0 Å². The van der Waals surface area contributed by atoms with Gasteiger partial charge in [-0.25, -0.2) is 8.42 Å². The lowest BCUT2D eigenvalue weighted by Gasteiger charge is -2.20. The molecule has 2 aromatic carbocycles. The van der Waals surface area contributed by atoms with Gasteiger partial charge in [-0.1, -0.05) is 24.3 Å². The highest BCUT2D eigenvalue weighted by atomic mass is 32.2. The Balaban J connectivity index is 1.68. The van der Waals surface area contributed by atoms with E-state index in [9.17, 15) is 13.2 Å². The Labute approximate surface area is 160 Å². The first kappa shape index (κ1) is 19.4. The predicted octanol–water partition coefficient (Wildman–Crippen LogP) is 3.41. The second kappa shape index (κ2) is 8.54. The SMILES string of the molecule is CN(c1ccccc1)S(=O)(=O)c1cccc(NC(=O)CCC2CCCO2)c1. The fourth-order valence-electron chi connectivity index (χ4n) is 3.06. The molecule has 0 saturated carbocycles. The highest BCUT2D eigenvalue weighted by molar-refractivity contribution is 7.92. The lowest BCUT2D eigenvalue weighted by Crippen LogP contribution is -2.26. The van der Waals surface area contributed by atoms with Gasteiger partial charge in [0, 0.05) is 25.8 Å². The fraction of sp³-hybridized carbons (Fsp3) is 0.350. The first-order chi connectivity index (χ1) is 13.0. The molecular weight excluding hydrogens is 364 g/mol. The first-order valence-corrected chi connectivity index (χ1v) is 10.5. The molecule has 2 aromatic rings. The number of amides is 1. The highest BCUT2D eigenvalue weighted by Crippen LogP contribution is 2.24. The zero-order valence-corrected chi connectivity index (χ0v) is 16.1. The third-order valence-corrected chi connectivity index (χ3v) is 6.39. The van der Waals surface area contributed by atoms with E-state index >= 15 is 0 Å². The molecule has 0 spiro atoms. The summed E-state index contributed by atoms with van der Waals surface area (Å²) in [5.41, 5.74) is 1.04. The van der Waals surface area contributed by atoms with Crippen molar-refractivity contribution in [1.29, 1.82) is 0 Å². The highest BCUT2D eigenvalue weighted by Gasteiger charge is 2.22. The second-order valence-corrected chi connectivity index (χ2v) is 8.53. The van der Waals surface area contributed by atoms with E-state index in [1.807, 2.05) is 6.07 Å². The summed E-state index contributed by atoms with van der Waals surface area (Å²) >= 11 is 0. The minimum Gasteiger partial charge on any atom is -0.378 e. The van der Waals surface area contributed by atoms with Gasteiger partial charge in [0.15, 0.2) is 0 Å². The van der Waals surface area contributed by atoms with E-state index in [-0.39, 0.29) is 16.9 Å². The zero-order chi connectivity index (χ0) is 19.3. The first-order valence-electron chi connectivity index (χ1n) is 9.02. The minimum atomic E-state index is -3.71. The third kappa shape index (κ3) is 4.87. The van der Waals surface area contributed by atoms with Crippen molar-refractivity contribution in [3.05, 3.63) is 54.6 Å². The monoisotopic (exact) mass is 388 g/mol. The molecule has 1 heterocycles. The van der Waals surface area contributed by atoms with Crippen LogP contribution in [-0.4, -0.2) is 34.1 Å². The normalized spacial score (nSPS) is 16.9. The molecule has 1 atom stereocenters. The molecule has 0 aliphatic carbocycles. The van der Waals surface area contributed by atoms with Crippen LogP contribution in [0.1, 0.15) is 25.7 Å². The van der Waals surface area contributed by atoms with Crippen molar-refractivity contribution in [1.82, 2.24) is 0 Å². The standard InChI is InChI=1S/C20H24N2O4S/c1-22(17-8-3-2-4-9-17)27(24,25)19-11-5-7-16(15-19)21-20(23)13-12-18-10-6-14-26-18/h2-5,7-9,11,15,18H,6,10,12-14H2,1H3,(H,21,23). The Bertz CT molecular complexity index is 878. The molecular formula is C20H24N2O4S. The molecule has 1 saturated heterocycles. The quantitative estimate of drug-likeness (QED) is 0.789. The van der Waals surface area contributed by atoms with Crippen LogP contribution in [0.3, 0.4) is 0 Å². The number of hydrogen-bond donors (Lipinski definition) is 1. The molecule has 3 rings (SSSR count). The number of hydrogen-bond acceptors (Lipinski definition) is 4. The molecule has 1 N–H and O–H groups in total. The van der Waals surface area contributed by atoms with Gasteiger partial charge in [0.25, 0.3) is 10.0 Å². The molecule has 0 bridgehead atoms.